The molecule has 1 aromatic rings. The maximum absolute atomic E-state index is 10.4. The Morgan fingerprint density at radius 3 is 2.63 bits per heavy atom. The maximum Gasteiger partial charge on any atom is 0.162 e. The first-order valence-corrected chi connectivity index (χ1v) is 9.93. The number of aliphatic imine (C=N–C) groups is 3. The number of aliphatic hydroxyl groups is 3. The zero-order chi connectivity index (χ0) is 21.5. The number of ether oxygens (including phenoxy) is 2. The molecule has 4 rings (SSSR count). The molecule has 1 aromatic carbocycles. The zero-order valence-corrected chi connectivity index (χ0v) is 16.9. The number of benzene rings is 1. The van der Waals surface area contributed by atoms with Crippen LogP contribution in [0, 0.1) is 0 Å². The van der Waals surface area contributed by atoms with Crippen molar-refractivity contribution in [2.45, 2.75) is 49.5 Å². The number of hydrogen-bond acceptors (Lipinski definition) is 10. The normalized spacial score (nSPS) is 33.9. The van der Waals surface area contributed by atoms with Gasteiger partial charge < -0.3 is 35.4 Å². The Balaban J connectivity index is 1.62. The fraction of sp³-hybridized carbons (Fsp3) is 0.550. The molecule has 30 heavy (non-hydrogen) atoms. The second-order valence-electron chi connectivity index (χ2n) is 7.60. The van der Waals surface area contributed by atoms with Crippen LogP contribution in [-0.2, 0) is 4.74 Å². The highest BCUT2D eigenvalue weighted by molar-refractivity contribution is 6.47. The quantitative estimate of drug-likeness (QED) is 0.485. The van der Waals surface area contributed by atoms with E-state index in [9.17, 15) is 15.3 Å². The van der Waals surface area contributed by atoms with Crippen LogP contribution in [0.25, 0.3) is 0 Å². The van der Waals surface area contributed by atoms with Gasteiger partial charge in [-0.3, -0.25) is 4.99 Å². The summed E-state index contributed by atoms with van der Waals surface area (Å²) in [4.78, 5) is 15.1. The minimum atomic E-state index is -1.21. The van der Waals surface area contributed by atoms with Crippen molar-refractivity contribution in [3.8, 4) is 5.75 Å². The van der Waals surface area contributed by atoms with Gasteiger partial charge in [-0.2, -0.15) is 0 Å². The van der Waals surface area contributed by atoms with Crippen LogP contribution in [-0.4, -0.2) is 88.7 Å². The summed E-state index contributed by atoms with van der Waals surface area (Å²) < 4.78 is 10.9. The molecular formula is C20H27N5O5. The number of amidine groups is 1. The molecule has 0 bridgehead atoms. The highest BCUT2D eigenvalue weighted by Crippen LogP contribution is 2.37. The van der Waals surface area contributed by atoms with Crippen LogP contribution < -0.4 is 10.5 Å². The second-order valence-corrected chi connectivity index (χ2v) is 7.60. The summed E-state index contributed by atoms with van der Waals surface area (Å²) in [6.45, 7) is 1.78. The summed E-state index contributed by atoms with van der Waals surface area (Å²) in [5, 5.41) is 29.9. The van der Waals surface area contributed by atoms with Gasteiger partial charge in [0, 0.05) is 5.92 Å². The van der Waals surface area contributed by atoms with E-state index in [0.29, 0.717) is 18.0 Å². The van der Waals surface area contributed by atoms with E-state index in [1.165, 1.54) is 6.34 Å². The number of nitrogens with zero attached hydrogens (tertiary/aromatic N) is 4. The van der Waals surface area contributed by atoms with Gasteiger partial charge >= 0.3 is 0 Å². The minimum absolute atomic E-state index is 0.155. The topological polar surface area (TPSA) is 145 Å². The van der Waals surface area contributed by atoms with Crippen molar-refractivity contribution >= 4 is 17.9 Å². The van der Waals surface area contributed by atoms with E-state index in [2.05, 4.69) is 15.0 Å². The summed E-state index contributed by atoms with van der Waals surface area (Å²) in [6, 6.07) is 7.68. The molecule has 0 aliphatic carbocycles. The van der Waals surface area contributed by atoms with E-state index in [4.69, 9.17) is 15.2 Å². The Morgan fingerprint density at radius 1 is 1.30 bits per heavy atom. The average molecular weight is 417 g/mol. The van der Waals surface area contributed by atoms with Gasteiger partial charge in [-0.1, -0.05) is 19.1 Å². The van der Waals surface area contributed by atoms with E-state index in [-0.39, 0.29) is 12.6 Å². The minimum Gasteiger partial charge on any atom is -0.497 e. The van der Waals surface area contributed by atoms with E-state index in [1.807, 2.05) is 31.2 Å². The van der Waals surface area contributed by atoms with E-state index >= 15 is 0 Å². The van der Waals surface area contributed by atoms with E-state index in [1.54, 1.807) is 12.0 Å². The largest absolute Gasteiger partial charge is 0.497 e. The third-order valence-electron chi connectivity index (χ3n) is 5.98. The lowest BCUT2D eigenvalue weighted by Crippen LogP contribution is -2.58. The third kappa shape index (κ3) is 3.21. The van der Waals surface area contributed by atoms with Crippen molar-refractivity contribution < 1.29 is 24.8 Å². The molecule has 0 saturated carbocycles. The Hall–Kier alpha value is -2.37. The van der Waals surface area contributed by atoms with Crippen molar-refractivity contribution in [2.75, 3.05) is 20.4 Å². The molecule has 10 heteroatoms. The first-order chi connectivity index (χ1) is 14.4. The molecule has 6 atom stereocenters. The van der Waals surface area contributed by atoms with Crippen LogP contribution in [0.15, 0.2) is 39.2 Å². The molecule has 3 aliphatic rings. The number of fused-ring (bicyclic) bond motifs is 1. The molecule has 0 aromatic heterocycles. The van der Waals surface area contributed by atoms with Crippen molar-refractivity contribution in [1.29, 1.82) is 0 Å². The molecule has 0 radical (unpaired) electrons. The lowest BCUT2D eigenvalue weighted by atomic mass is 9.80. The molecule has 3 heterocycles. The molecule has 10 nitrogen and oxygen atoms in total. The molecule has 0 spiro atoms. The molecule has 1 fully saturated rings. The van der Waals surface area contributed by atoms with Crippen molar-refractivity contribution in [1.82, 2.24) is 4.90 Å². The van der Waals surface area contributed by atoms with Crippen LogP contribution in [0.3, 0.4) is 0 Å². The number of aliphatic hydroxyl groups excluding tert-OH is 3. The Morgan fingerprint density at radius 2 is 2.03 bits per heavy atom. The van der Waals surface area contributed by atoms with Gasteiger partial charge in [0.2, 0.25) is 0 Å². The molecule has 162 valence electrons. The summed E-state index contributed by atoms with van der Waals surface area (Å²) in [7, 11) is 1.62. The molecule has 0 amide bonds. The lowest BCUT2D eigenvalue weighted by molar-refractivity contribution is -0.0688. The molecule has 3 aliphatic heterocycles. The Kier molecular flexibility index (Phi) is 5.60. The molecule has 5 N–H and O–H groups in total. The molecular weight excluding hydrogens is 390 g/mol. The highest BCUT2D eigenvalue weighted by Gasteiger charge is 2.52. The standard InChI is InChI=1S/C20H27N5O5/c1-3-13(11-4-6-12(29-2)7-5-11)20(21)17-18(22-9-24-20)25(10-23-17)19-16(28)15(27)14(8-26)30-19/h4-7,9,13-16,19,26-28H,3,8,10,21H2,1-2H3/t13?,14-,15-,16-,19-,20?/m1/s1. The van der Waals surface area contributed by atoms with Gasteiger partial charge in [-0.25, -0.2) is 9.98 Å². The number of methoxy groups -OCH3 is 1. The lowest BCUT2D eigenvalue weighted by Gasteiger charge is -2.37. The van der Waals surface area contributed by atoms with Crippen molar-refractivity contribution in [3.63, 3.8) is 0 Å². The number of hydrogen-bond donors (Lipinski definition) is 4. The fourth-order valence-electron chi connectivity index (χ4n) is 4.33. The van der Waals surface area contributed by atoms with Gasteiger partial charge in [0.25, 0.3) is 0 Å². The SMILES string of the molecule is CCC(c1ccc(OC)cc1)C1(N)N=CN=C2C1=NCN2[C@@H]1O[C@H](CO)[C@@H](O)[C@H]1O. The summed E-state index contributed by atoms with van der Waals surface area (Å²) in [5.74, 6) is 1.03. The second kappa shape index (κ2) is 8.05. The smallest absolute Gasteiger partial charge is 0.162 e. The van der Waals surface area contributed by atoms with Crippen LogP contribution >= 0.6 is 0 Å². The maximum atomic E-state index is 10.4. The predicted octanol–water partition coefficient (Wildman–Crippen LogP) is -0.563. The van der Waals surface area contributed by atoms with Gasteiger partial charge in [-0.15, -0.1) is 0 Å². The predicted molar refractivity (Wildman–Crippen MR) is 111 cm³/mol. The Labute approximate surface area is 174 Å². The molecule has 2 unspecified atom stereocenters. The number of rotatable bonds is 6. The highest BCUT2D eigenvalue weighted by atomic mass is 16.6. The van der Waals surface area contributed by atoms with Crippen molar-refractivity contribution in [2.24, 2.45) is 20.7 Å². The van der Waals surface area contributed by atoms with Crippen LogP contribution in [0.1, 0.15) is 24.8 Å². The number of nitrogens with two attached hydrogens (primary N) is 1. The van der Waals surface area contributed by atoms with Gasteiger partial charge in [0.05, 0.1) is 13.7 Å². The fourth-order valence-corrected chi connectivity index (χ4v) is 4.33. The molecule has 1 saturated heterocycles. The van der Waals surface area contributed by atoms with Crippen LogP contribution in [0.2, 0.25) is 0 Å². The monoisotopic (exact) mass is 417 g/mol. The summed E-state index contributed by atoms with van der Waals surface area (Å²) >= 11 is 0. The van der Waals surface area contributed by atoms with Crippen LogP contribution in [0.4, 0.5) is 0 Å². The van der Waals surface area contributed by atoms with Gasteiger partial charge in [-0.05, 0) is 24.1 Å². The van der Waals surface area contributed by atoms with Gasteiger partial charge in [0.15, 0.2) is 17.7 Å². The first kappa shape index (κ1) is 20.9. The first-order valence-electron chi connectivity index (χ1n) is 9.93. The van der Waals surface area contributed by atoms with Crippen molar-refractivity contribution in [3.05, 3.63) is 29.8 Å². The average Bonchev–Trinajstić information content (AvgIpc) is 3.31. The Bertz CT molecular complexity index is 873. The zero-order valence-electron chi connectivity index (χ0n) is 16.9. The van der Waals surface area contributed by atoms with Crippen LogP contribution in [0.5, 0.6) is 5.75 Å². The van der Waals surface area contributed by atoms with Gasteiger partial charge in [0.1, 0.15) is 42.8 Å². The third-order valence-corrected chi connectivity index (χ3v) is 5.98. The van der Waals surface area contributed by atoms with E-state index in [0.717, 1.165) is 11.3 Å². The van der Waals surface area contributed by atoms with E-state index < -0.39 is 36.8 Å². The summed E-state index contributed by atoms with van der Waals surface area (Å²) in [6.07, 6.45) is -2.08. The summed E-state index contributed by atoms with van der Waals surface area (Å²) in [5.41, 5.74) is 7.17.